The highest BCUT2D eigenvalue weighted by atomic mass is 127. The molecule has 0 aliphatic carbocycles. The highest BCUT2D eigenvalue weighted by Gasteiger charge is 2.28. The third-order valence-corrected chi connectivity index (χ3v) is 6.23. The minimum absolute atomic E-state index is 0.0504. The van der Waals surface area contributed by atoms with Crippen LogP contribution in [-0.2, 0) is 3.07 Å². The van der Waals surface area contributed by atoms with E-state index in [4.69, 9.17) is 4.74 Å². The van der Waals surface area contributed by atoms with Crippen molar-refractivity contribution in [2.75, 3.05) is 15.7 Å². The first-order valence-corrected chi connectivity index (χ1v) is 11.3. The number of nitrogens with zero attached hydrogens (tertiary/aromatic N) is 2. The van der Waals surface area contributed by atoms with Crippen LogP contribution in [0.5, 0.6) is 5.75 Å². The fourth-order valence-corrected chi connectivity index (χ4v) is 4.18. The second-order valence-electron chi connectivity index (χ2n) is 7.07. The zero-order valence-corrected chi connectivity index (χ0v) is 19.1. The highest BCUT2D eigenvalue weighted by molar-refractivity contribution is 14.1. The van der Waals surface area contributed by atoms with Crippen molar-refractivity contribution in [1.29, 1.82) is 0 Å². The number of allylic oxidation sites excluding steroid dienone is 1. The van der Waals surface area contributed by atoms with E-state index in [9.17, 15) is 8.28 Å². The Labute approximate surface area is 182 Å². The predicted molar refractivity (Wildman–Crippen MR) is 126 cm³/mol. The molecule has 0 saturated carbocycles. The molecule has 154 valence electrons. The molecule has 0 radical (unpaired) electrons. The molecule has 1 heterocycles. The van der Waals surface area contributed by atoms with Crippen LogP contribution in [0.2, 0.25) is 0 Å². The van der Waals surface area contributed by atoms with E-state index < -0.39 is 21.5 Å². The number of amidine groups is 1. The molecule has 0 spiro atoms. The van der Waals surface area contributed by atoms with Crippen molar-refractivity contribution in [3.63, 3.8) is 0 Å². The third kappa shape index (κ3) is 4.67. The lowest BCUT2D eigenvalue weighted by Crippen LogP contribution is -2.29. The van der Waals surface area contributed by atoms with E-state index in [2.05, 4.69) is 49.3 Å². The number of hydrogen-bond donors (Lipinski definition) is 1. The summed E-state index contributed by atoms with van der Waals surface area (Å²) < 4.78 is 17.0. The number of ether oxygens (including phenoxy) is 1. The van der Waals surface area contributed by atoms with Crippen LogP contribution in [0.3, 0.4) is 0 Å². The van der Waals surface area contributed by atoms with Gasteiger partial charge in [-0.25, -0.2) is 8.06 Å². The largest absolute Gasteiger partial charge is 0.747 e. The lowest BCUT2D eigenvalue weighted by molar-refractivity contribution is 0.416. The minimum atomic E-state index is -1.86. The second-order valence-corrected chi connectivity index (χ2v) is 8.34. The van der Waals surface area contributed by atoms with Crippen LogP contribution in [0, 0.1) is 25.0 Å². The Bertz CT molecular complexity index is 958. The summed E-state index contributed by atoms with van der Waals surface area (Å²) in [5.41, 5.74) is 4.76. The van der Waals surface area contributed by atoms with Crippen LogP contribution in [0.4, 0.5) is 11.4 Å². The molecule has 1 aliphatic heterocycles. The maximum atomic E-state index is 12.1. The zero-order valence-electron chi connectivity index (χ0n) is 17.0. The third-order valence-electron chi connectivity index (χ3n) is 5.35. The van der Waals surface area contributed by atoms with Gasteiger partial charge < -0.3 is 18.5 Å². The van der Waals surface area contributed by atoms with E-state index in [0.717, 1.165) is 23.5 Å². The first-order valence-electron chi connectivity index (χ1n) is 9.49. The lowest BCUT2D eigenvalue weighted by Gasteiger charge is -2.30. The molecule has 2 atom stereocenters. The van der Waals surface area contributed by atoms with Crippen molar-refractivity contribution in [2.24, 2.45) is 10.9 Å². The fraction of sp³-hybridized carbons (Fsp3) is 0.318. The molecule has 6 nitrogen and oxygen atoms in total. The van der Waals surface area contributed by atoms with Gasteiger partial charge >= 0.3 is 0 Å². The highest BCUT2D eigenvalue weighted by Crippen LogP contribution is 2.39. The molecule has 0 fully saturated rings. The van der Waals surface area contributed by atoms with Crippen molar-refractivity contribution >= 4 is 38.7 Å². The van der Waals surface area contributed by atoms with E-state index in [-0.39, 0.29) is 11.8 Å². The van der Waals surface area contributed by atoms with Gasteiger partial charge in [0.15, 0.2) is 0 Å². The Morgan fingerprint density at radius 3 is 2.66 bits per heavy atom. The van der Waals surface area contributed by atoms with Crippen molar-refractivity contribution < 1.29 is 7.81 Å². The molecular weight excluding hydrogens is 481 g/mol. The van der Waals surface area contributed by atoms with Gasteiger partial charge in [0.25, 0.3) is 21.5 Å². The molecule has 0 aromatic heterocycles. The van der Waals surface area contributed by atoms with Gasteiger partial charge in [-0.1, -0.05) is 25.1 Å². The Kier molecular flexibility index (Phi) is 7.02. The Hall–Kier alpha value is -2.26. The van der Waals surface area contributed by atoms with E-state index in [1.807, 2.05) is 12.1 Å². The van der Waals surface area contributed by atoms with Crippen LogP contribution in [0.1, 0.15) is 36.0 Å². The number of halogens is 1. The van der Waals surface area contributed by atoms with Gasteiger partial charge in [-0.15, -0.1) is 0 Å². The number of anilines is 2. The summed E-state index contributed by atoms with van der Waals surface area (Å²) in [6, 6.07) is 11.8. The monoisotopic (exact) mass is 506 g/mol. The average Bonchev–Trinajstić information content (AvgIpc) is 2.75. The Morgan fingerprint density at radius 1 is 1.21 bits per heavy atom. The summed E-state index contributed by atoms with van der Waals surface area (Å²) in [6.07, 6.45) is 4.73. The summed E-state index contributed by atoms with van der Waals surface area (Å²) in [6.45, 7) is 6.31. The average molecular weight is 506 g/mol. The topological polar surface area (TPSA) is 77.0 Å². The number of methoxy groups -OCH3 is 1. The molecule has 7 heteroatoms. The molecule has 2 aromatic rings. The molecule has 29 heavy (non-hydrogen) atoms. The first kappa shape index (κ1) is 21.4. The molecule has 0 amide bonds. The van der Waals surface area contributed by atoms with E-state index in [1.165, 1.54) is 18.2 Å². The molecule has 1 aliphatic rings. The van der Waals surface area contributed by atoms with Crippen LogP contribution >= 0.6 is 21.5 Å². The van der Waals surface area contributed by atoms with Crippen molar-refractivity contribution in [3.8, 4) is 5.75 Å². The molecule has 2 aromatic carbocycles. The summed E-state index contributed by atoms with van der Waals surface area (Å²) >= 11 is -1.86. The minimum Gasteiger partial charge on any atom is -0.747 e. The molecule has 3 rings (SSSR count). The number of rotatable bonds is 6. The summed E-state index contributed by atoms with van der Waals surface area (Å²) in [4.78, 5) is 4.60. The normalized spacial score (nSPS) is 18.3. The van der Waals surface area contributed by atoms with E-state index in [1.54, 1.807) is 18.3 Å². The van der Waals surface area contributed by atoms with Crippen LogP contribution in [0.15, 0.2) is 53.7 Å². The summed E-state index contributed by atoms with van der Waals surface area (Å²) in [7, 11) is 1.50. The fourth-order valence-electron chi connectivity index (χ4n) is 3.59. The SMILES string of the molecule is CCC1C(Nc2ccc(C)c(C)c2)=NC=CC1c1ccc(OC)c(N([O-])I=O)c1. The standard InChI is InChI=1S/C22H25IN3O3/c1-5-18-19(16-7-9-21(29-4)20(13-16)26(28)23-27)10-11-24-22(18)25-17-8-6-14(2)15(3)12-17/h6-13,18-19H,5H2,1-4H3,(H,24,25)/q-1. The number of aliphatic imine (C=N–C) groups is 1. The number of benzene rings is 2. The summed E-state index contributed by atoms with van der Waals surface area (Å²) in [5, 5.41) is 15.5. The van der Waals surface area contributed by atoms with Gasteiger partial charge in [-0.05, 0) is 61.2 Å². The smallest absolute Gasteiger partial charge is 0.262 e. The van der Waals surface area contributed by atoms with Gasteiger partial charge in [0, 0.05) is 23.7 Å². The van der Waals surface area contributed by atoms with Gasteiger partial charge in [0.1, 0.15) is 11.6 Å². The van der Waals surface area contributed by atoms with E-state index in [0.29, 0.717) is 14.7 Å². The molecule has 2 unspecified atom stereocenters. The molecule has 0 bridgehead atoms. The first-order chi connectivity index (χ1) is 14.0. The van der Waals surface area contributed by atoms with E-state index >= 15 is 0 Å². The zero-order chi connectivity index (χ0) is 21.0. The lowest BCUT2D eigenvalue weighted by atomic mass is 9.82. The van der Waals surface area contributed by atoms with Gasteiger partial charge in [0.2, 0.25) is 0 Å². The molecule has 0 saturated heterocycles. The Balaban J connectivity index is 1.91. The number of hydrogen-bond acceptors (Lipinski definition) is 5. The van der Waals surface area contributed by atoms with Crippen LogP contribution < -0.4 is 13.3 Å². The maximum Gasteiger partial charge on any atom is 0.262 e. The van der Waals surface area contributed by atoms with Gasteiger partial charge in [-0.2, -0.15) is 0 Å². The predicted octanol–water partition coefficient (Wildman–Crippen LogP) is 6.00. The molecule has 1 N–H and O–H groups in total. The van der Waals surface area contributed by atoms with Crippen LogP contribution in [-0.4, -0.2) is 12.9 Å². The van der Waals surface area contributed by atoms with Crippen molar-refractivity contribution in [1.82, 2.24) is 0 Å². The van der Waals surface area contributed by atoms with Crippen LogP contribution in [0.25, 0.3) is 0 Å². The number of nitrogens with one attached hydrogen (secondary N) is 1. The molecular formula is C22H25IN3O3-. The maximum absolute atomic E-state index is 12.1. The number of aryl methyl sites for hydroxylation is 2. The van der Waals surface area contributed by atoms with Crippen molar-refractivity contribution in [3.05, 3.63) is 70.6 Å². The van der Waals surface area contributed by atoms with Crippen molar-refractivity contribution in [2.45, 2.75) is 33.1 Å². The van der Waals surface area contributed by atoms with Gasteiger partial charge in [0.05, 0.1) is 12.8 Å². The Morgan fingerprint density at radius 2 is 2.00 bits per heavy atom. The van der Waals surface area contributed by atoms with Gasteiger partial charge in [-0.3, -0.25) is 0 Å². The second kappa shape index (κ2) is 9.49. The summed E-state index contributed by atoms with van der Waals surface area (Å²) in [5.74, 6) is 1.50. The quantitative estimate of drug-likeness (QED) is 0.296.